The second-order valence-electron chi connectivity index (χ2n) is 10.3. The first-order valence-electron chi connectivity index (χ1n) is 12.1. The maximum atomic E-state index is 12.2. The highest BCUT2D eigenvalue weighted by Crippen LogP contribution is 2.30. The first-order chi connectivity index (χ1) is 17.4. The lowest BCUT2D eigenvalue weighted by Gasteiger charge is -2.17. The van der Waals surface area contributed by atoms with E-state index in [0.717, 1.165) is 34.2 Å². The van der Waals surface area contributed by atoms with Gasteiger partial charge in [0.1, 0.15) is 12.6 Å². The highest BCUT2D eigenvalue weighted by molar-refractivity contribution is 7.90. The molecule has 4 aromatic rings. The van der Waals surface area contributed by atoms with E-state index in [-0.39, 0.29) is 11.6 Å². The number of ether oxygens (including phenoxy) is 1. The fraction of sp³-hybridized carbons (Fsp3) is 0.400. The van der Waals surface area contributed by atoms with E-state index in [0.29, 0.717) is 31.6 Å². The fourth-order valence-corrected chi connectivity index (χ4v) is 5.56. The molecule has 1 amide bonds. The number of hydrogen-bond acceptors (Lipinski definition) is 6. The number of nitrogens with one attached hydrogen (secondary N) is 1. The van der Waals surface area contributed by atoms with E-state index >= 15 is 0 Å². The number of aromatic nitrogens is 4. The third-order valence-electron chi connectivity index (χ3n) is 6.10. The van der Waals surface area contributed by atoms with Crippen molar-refractivity contribution < 1.29 is 23.1 Å². The van der Waals surface area contributed by atoms with Crippen LogP contribution in [0, 0.1) is 0 Å². The molecule has 1 aromatic carbocycles. The molecule has 37 heavy (non-hydrogen) atoms. The summed E-state index contributed by atoms with van der Waals surface area (Å²) in [4.78, 5) is 20.3. The van der Waals surface area contributed by atoms with Crippen LogP contribution in [0.5, 0.6) is 0 Å². The highest BCUT2D eigenvalue weighted by Gasteiger charge is 2.19. The van der Waals surface area contributed by atoms with Crippen molar-refractivity contribution in [3.63, 3.8) is 0 Å². The Morgan fingerprint density at radius 3 is 2.62 bits per heavy atom. The summed E-state index contributed by atoms with van der Waals surface area (Å²) in [5.41, 5.74) is 3.88. The van der Waals surface area contributed by atoms with Crippen molar-refractivity contribution in [1.82, 2.24) is 24.3 Å². The molecule has 0 bridgehead atoms. The second-order valence-corrected chi connectivity index (χ2v) is 18.0. The van der Waals surface area contributed by atoms with Crippen LogP contribution in [0.4, 0.5) is 4.79 Å². The Bertz CT molecular complexity index is 1540. The number of nitrogens with zero attached hydrogens (tertiary/aromatic N) is 4. The zero-order valence-electron chi connectivity index (χ0n) is 21.6. The van der Waals surface area contributed by atoms with Gasteiger partial charge < -0.3 is 19.7 Å². The molecule has 3 heterocycles. The van der Waals surface area contributed by atoms with E-state index in [4.69, 9.17) is 14.8 Å². The normalized spacial score (nSPS) is 12.4. The lowest BCUT2D eigenvalue weighted by Crippen LogP contribution is -2.22. The minimum atomic E-state index is -3.38. The van der Waals surface area contributed by atoms with Gasteiger partial charge in [0.15, 0.2) is 15.5 Å². The molecule has 0 aliphatic carbocycles. The maximum absolute atomic E-state index is 12.2. The van der Waals surface area contributed by atoms with Gasteiger partial charge >= 0.3 is 6.09 Å². The molecule has 0 fully saturated rings. The summed E-state index contributed by atoms with van der Waals surface area (Å²) in [6, 6.07) is 9.89. The van der Waals surface area contributed by atoms with Gasteiger partial charge in [-0.15, -0.1) is 0 Å². The summed E-state index contributed by atoms with van der Waals surface area (Å²) in [6.45, 7) is 8.13. The summed E-state index contributed by atoms with van der Waals surface area (Å²) in [5, 5.41) is 11.2. The number of sulfone groups is 1. The van der Waals surface area contributed by atoms with Crippen LogP contribution in [0.15, 0.2) is 47.6 Å². The summed E-state index contributed by atoms with van der Waals surface area (Å²) in [5.74, 6) is 0.794. The monoisotopic (exact) mass is 543 g/mol. The first-order valence-corrected chi connectivity index (χ1v) is 17.7. The predicted molar refractivity (Wildman–Crippen MR) is 145 cm³/mol. The Balaban J connectivity index is 1.78. The molecule has 0 unspecified atom stereocenters. The number of rotatable bonds is 11. The summed E-state index contributed by atoms with van der Waals surface area (Å²) in [6.07, 6.45) is 4.82. The van der Waals surface area contributed by atoms with E-state index in [1.54, 1.807) is 30.6 Å². The van der Waals surface area contributed by atoms with Crippen molar-refractivity contribution in [3.8, 4) is 11.3 Å². The SMILES string of the molecule is C[Si](C)(C)CCOCn1c(-c2cccc(S(C)(=O)=O)c2)cc2c1ncc1cnc(CCCNC(=O)O)n12. The summed E-state index contributed by atoms with van der Waals surface area (Å²) in [7, 11) is -4.65. The Morgan fingerprint density at radius 1 is 1.16 bits per heavy atom. The van der Waals surface area contributed by atoms with Crippen LogP contribution in [0.1, 0.15) is 12.2 Å². The van der Waals surface area contributed by atoms with Crippen molar-refractivity contribution in [2.75, 3.05) is 19.4 Å². The first kappa shape index (κ1) is 26.8. The average Bonchev–Trinajstić information content (AvgIpc) is 3.39. The van der Waals surface area contributed by atoms with E-state index in [9.17, 15) is 13.2 Å². The molecule has 0 radical (unpaired) electrons. The lowest BCUT2D eigenvalue weighted by atomic mass is 10.1. The van der Waals surface area contributed by atoms with Gasteiger partial charge in [-0.25, -0.2) is 23.2 Å². The molecule has 0 atom stereocenters. The standard InChI is InChI=1S/C25H33N5O5SSi/c1-36(33,34)20-8-5-7-18(13-20)21-14-22-24(29(21)17-35-11-12-37(2,3)4)28-16-19-15-27-23(30(19)22)9-6-10-26-25(31)32/h5,7-8,13-16,26H,6,9-12,17H2,1-4H3,(H,31,32). The Morgan fingerprint density at radius 2 is 1.92 bits per heavy atom. The number of carboxylic acid groups (broad SMARTS) is 1. The van der Waals surface area contributed by atoms with Crippen molar-refractivity contribution in [2.24, 2.45) is 0 Å². The molecule has 0 spiro atoms. The second kappa shape index (κ2) is 10.6. The molecule has 10 nitrogen and oxygen atoms in total. The van der Waals surface area contributed by atoms with Crippen LogP contribution in [-0.4, -0.2) is 66.0 Å². The van der Waals surface area contributed by atoms with Crippen molar-refractivity contribution in [3.05, 3.63) is 48.5 Å². The van der Waals surface area contributed by atoms with Gasteiger partial charge in [0.25, 0.3) is 0 Å². The van der Waals surface area contributed by atoms with Crippen molar-refractivity contribution >= 4 is 40.7 Å². The zero-order chi connectivity index (χ0) is 26.8. The van der Waals surface area contributed by atoms with Gasteiger partial charge in [0, 0.05) is 33.9 Å². The number of amides is 1. The predicted octanol–water partition coefficient (Wildman–Crippen LogP) is 4.27. The van der Waals surface area contributed by atoms with Gasteiger partial charge in [0.05, 0.1) is 34.0 Å². The van der Waals surface area contributed by atoms with Crippen LogP contribution in [0.3, 0.4) is 0 Å². The molecule has 12 heteroatoms. The third-order valence-corrected chi connectivity index (χ3v) is 8.91. The largest absolute Gasteiger partial charge is 0.465 e. The number of carbonyl (C=O) groups is 1. The van der Waals surface area contributed by atoms with Crippen LogP contribution >= 0.6 is 0 Å². The molecule has 4 rings (SSSR count). The molecule has 198 valence electrons. The van der Waals surface area contributed by atoms with Crippen molar-refractivity contribution in [1.29, 1.82) is 0 Å². The van der Waals surface area contributed by atoms with E-state index in [1.165, 1.54) is 6.26 Å². The average molecular weight is 544 g/mol. The third kappa shape index (κ3) is 6.38. The smallest absolute Gasteiger partial charge is 0.404 e. The van der Waals surface area contributed by atoms with Crippen LogP contribution < -0.4 is 5.32 Å². The minimum Gasteiger partial charge on any atom is -0.465 e. The molecule has 0 aliphatic rings. The minimum absolute atomic E-state index is 0.244. The topological polar surface area (TPSA) is 128 Å². The molecule has 0 saturated heterocycles. The molecule has 0 saturated carbocycles. The highest BCUT2D eigenvalue weighted by atomic mass is 32.2. The zero-order valence-corrected chi connectivity index (χ0v) is 23.4. The number of hydrogen-bond donors (Lipinski definition) is 2. The van der Waals surface area contributed by atoms with E-state index in [1.807, 2.05) is 21.1 Å². The van der Waals surface area contributed by atoms with Crippen LogP contribution in [0.2, 0.25) is 25.7 Å². The lowest BCUT2D eigenvalue weighted by molar-refractivity contribution is 0.0909. The summed E-state index contributed by atoms with van der Waals surface area (Å²) >= 11 is 0. The molecule has 0 aliphatic heterocycles. The molecule has 3 aromatic heterocycles. The summed E-state index contributed by atoms with van der Waals surface area (Å²) < 4.78 is 34.6. The van der Waals surface area contributed by atoms with E-state index in [2.05, 4.69) is 29.9 Å². The van der Waals surface area contributed by atoms with Gasteiger partial charge in [-0.1, -0.05) is 31.8 Å². The van der Waals surface area contributed by atoms with E-state index < -0.39 is 24.0 Å². The van der Waals surface area contributed by atoms with Crippen LogP contribution in [-0.2, 0) is 27.7 Å². The number of fused-ring (bicyclic) bond motifs is 3. The van der Waals surface area contributed by atoms with Gasteiger partial charge in [-0.05, 0) is 36.2 Å². The van der Waals surface area contributed by atoms with Gasteiger partial charge in [0.2, 0.25) is 0 Å². The Kier molecular flexibility index (Phi) is 7.71. The van der Waals surface area contributed by atoms with Gasteiger partial charge in [-0.2, -0.15) is 0 Å². The quantitative estimate of drug-likeness (QED) is 0.214. The maximum Gasteiger partial charge on any atom is 0.404 e. The van der Waals surface area contributed by atoms with Gasteiger partial charge in [-0.3, -0.25) is 4.40 Å². The molecular weight excluding hydrogens is 510 g/mol. The number of aryl methyl sites for hydroxylation is 1. The van der Waals surface area contributed by atoms with Crippen LogP contribution in [0.25, 0.3) is 27.9 Å². The Labute approximate surface area is 217 Å². The molecule has 2 N–H and O–H groups in total. The Hall–Kier alpha value is -3.22. The van der Waals surface area contributed by atoms with Crippen molar-refractivity contribution in [2.45, 2.75) is 50.2 Å². The number of imidazole rings is 1. The fourth-order valence-electron chi connectivity index (χ4n) is 4.13. The molecular formula is C25H33N5O5SSi. The number of benzene rings is 1.